The van der Waals surface area contributed by atoms with Crippen LogP contribution in [0.15, 0.2) is 0 Å². The highest BCUT2D eigenvalue weighted by Crippen LogP contribution is 2.22. The summed E-state index contributed by atoms with van der Waals surface area (Å²) >= 11 is 0. The quantitative estimate of drug-likeness (QED) is 0.759. The van der Waals surface area contributed by atoms with Crippen LogP contribution in [-0.2, 0) is 14.2 Å². The Labute approximate surface area is 103 Å². The molecule has 2 atom stereocenters. The highest BCUT2D eigenvalue weighted by Gasteiger charge is 2.26. The van der Waals surface area contributed by atoms with Crippen LogP contribution in [0.4, 0.5) is 0 Å². The first kappa shape index (κ1) is 13.3. The van der Waals surface area contributed by atoms with E-state index < -0.39 is 0 Å². The van der Waals surface area contributed by atoms with E-state index in [1.807, 2.05) is 0 Å². The van der Waals surface area contributed by atoms with E-state index in [-0.39, 0.29) is 6.10 Å². The van der Waals surface area contributed by atoms with Gasteiger partial charge >= 0.3 is 0 Å². The number of ether oxygens (including phenoxy) is 3. The molecule has 100 valence electrons. The molecule has 0 aromatic heterocycles. The molecule has 0 amide bonds. The van der Waals surface area contributed by atoms with Gasteiger partial charge in [-0.1, -0.05) is 6.92 Å². The maximum atomic E-state index is 9.03. The zero-order valence-corrected chi connectivity index (χ0v) is 10.6. The van der Waals surface area contributed by atoms with Gasteiger partial charge in [-0.2, -0.15) is 0 Å². The monoisotopic (exact) mass is 244 g/mol. The summed E-state index contributed by atoms with van der Waals surface area (Å²) in [7, 11) is 0. The van der Waals surface area contributed by atoms with E-state index in [9.17, 15) is 0 Å². The Morgan fingerprint density at radius 2 is 1.47 bits per heavy atom. The zero-order valence-electron chi connectivity index (χ0n) is 10.6. The van der Waals surface area contributed by atoms with Gasteiger partial charge in [0.2, 0.25) is 0 Å². The molecular formula is C13H24O4. The lowest BCUT2D eigenvalue weighted by molar-refractivity contribution is 0.102. The van der Waals surface area contributed by atoms with E-state index in [0.717, 1.165) is 45.2 Å². The largest absolute Gasteiger partial charge is 0.393 e. The fourth-order valence-electron chi connectivity index (χ4n) is 1.90. The molecule has 2 aliphatic heterocycles. The molecule has 2 unspecified atom stereocenters. The van der Waals surface area contributed by atoms with Gasteiger partial charge in [-0.05, 0) is 31.6 Å². The van der Waals surface area contributed by atoms with E-state index >= 15 is 0 Å². The Kier molecular flexibility index (Phi) is 5.22. The van der Waals surface area contributed by atoms with Crippen LogP contribution in [0.2, 0.25) is 0 Å². The Bertz CT molecular complexity index is 183. The van der Waals surface area contributed by atoms with Crippen molar-refractivity contribution in [3.8, 4) is 0 Å². The van der Waals surface area contributed by atoms with Crippen molar-refractivity contribution in [3.05, 3.63) is 0 Å². The Morgan fingerprint density at radius 3 is 1.82 bits per heavy atom. The normalized spacial score (nSPS) is 39.2. The Hall–Kier alpha value is -0.160. The van der Waals surface area contributed by atoms with Crippen LogP contribution in [0.3, 0.4) is 0 Å². The Morgan fingerprint density at radius 1 is 1.00 bits per heavy atom. The molecule has 0 bridgehead atoms. The molecule has 0 spiro atoms. The summed E-state index contributed by atoms with van der Waals surface area (Å²) in [6, 6.07) is 0. The van der Waals surface area contributed by atoms with Gasteiger partial charge in [0, 0.05) is 0 Å². The van der Waals surface area contributed by atoms with Crippen LogP contribution < -0.4 is 0 Å². The lowest BCUT2D eigenvalue weighted by Crippen LogP contribution is -2.15. The molecule has 0 radical (unpaired) electrons. The SMILES string of the molecule is C(OCC1CO1)C1CO1.CC1CCC(O)CC1. The number of hydrogen-bond acceptors (Lipinski definition) is 4. The average Bonchev–Trinajstić information content (AvgIpc) is 3.16. The second kappa shape index (κ2) is 6.69. The van der Waals surface area contributed by atoms with E-state index in [4.69, 9.17) is 19.3 Å². The van der Waals surface area contributed by atoms with Crippen molar-refractivity contribution in [2.75, 3.05) is 26.4 Å². The smallest absolute Gasteiger partial charge is 0.104 e. The maximum Gasteiger partial charge on any atom is 0.104 e. The summed E-state index contributed by atoms with van der Waals surface area (Å²) in [5, 5.41) is 9.03. The van der Waals surface area contributed by atoms with Crippen molar-refractivity contribution in [2.45, 2.75) is 50.9 Å². The van der Waals surface area contributed by atoms with Gasteiger partial charge in [0.1, 0.15) is 12.2 Å². The molecule has 3 aliphatic rings. The summed E-state index contributed by atoms with van der Waals surface area (Å²) in [5.74, 6) is 0.860. The predicted octanol–water partition coefficient (Wildman–Crippen LogP) is 1.36. The molecular weight excluding hydrogens is 220 g/mol. The van der Waals surface area contributed by atoms with E-state index in [0.29, 0.717) is 12.2 Å². The average molecular weight is 244 g/mol. The van der Waals surface area contributed by atoms with Gasteiger partial charge in [-0.15, -0.1) is 0 Å². The minimum Gasteiger partial charge on any atom is -0.393 e. The summed E-state index contributed by atoms with van der Waals surface area (Å²) < 4.78 is 15.1. The molecule has 17 heavy (non-hydrogen) atoms. The summed E-state index contributed by atoms with van der Waals surface area (Å²) in [6.45, 7) is 5.52. The molecule has 3 rings (SSSR count). The van der Waals surface area contributed by atoms with Crippen LogP contribution in [0.5, 0.6) is 0 Å². The molecule has 0 aromatic carbocycles. The van der Waals surface area contributed by atoms with Gasteiger partial charge in [-0.25, -0.2) is 0 Å². The Balaban J connectivity index is 0.000000128. The first-order valence-electron chi connectivity index (χ1n) is 6.73. The highest BCUT2D eigenvalue weighted by atomic mass is 16.6. The number of hydrogen-bond donors (Lipinski definition) is 1. The van der Waals surface area contributed by atoms with Crippen molar-refractivity contribution in [3.63, 3.8) is 0 Å². The fourth-order valence-corrected chi connectivity index (χ4v) is 1.90. The maximum absolute atomic E-state index is 9.03. The van der Waals surface area contributed by atoms with Crippen molar-refractivity contribution < 1.29 is 19.3 Å². The first-order chi connectivity index (χ1) is 8.24. The van der Waals surface area contributed by atoms with E-state index in [1.165, 1.54) is 12.8 Å². The van der Waals surface area contributed by atoms with Crippen molar-refractivity contribution in [2.24, 2.45) is 5.92 Å². The summed E-state index contributed by atoms with van der Waals surface area (Å²) in [5.41, 5.74) is 0. The third-order valence-electron chi connectivity index (χ3n) is 3.40. The third kappa shape index (κ3) is 6.36. The summed E-state index contributed by atoms with van der Waals surface area (Å²) in [6.07, 6.45) is 5.31. The lowest BCUT2D eigenvalue weighted by Gasteiger charge is -2.21. The van der Waals surface area contributed by atoms with Gasteiger partial charge < -0.3 is 19.3 Å². The highest BCUT2D eigenvalue weighted by molar-refractivity contribution is 4.71. The van der Waals surface area contributed by atoms with Crippen molar-refractivity contribution >= 4 is 0 Å². The zero-order chi connectivity index (χ0) is 12.1. The van der Waals surface area contributed by atoms with E-state index in [2.05, 4.69) is 6.92 Å². The van der Waals surface area contributed by atoms with Gasteiger partial charge in [0.15, 0.2) is 0 Å². The van der Waals surface area contributed by atoms with Gasteiger partial charge in [0.25, 0.3) is 0 Å². The van der Waals surface area contributed by atoms with Crippen LogP contribution in [-0.4, -0.2) is 49.8 Å². The standard InChI is InChI=1S/C7H14O.C6H10O3/c1-6-2-4-7(8)5-3-6;1(5-3-8-5)7-2-6-4-9-6/h6-8H,2-5H2,1H3;5-6H,1-4H2. The van der Waals surface area contributed by atoms with Crippen molar-refractivity contribution in [1.82, 2.24) is 0 Å². The minimum absolute atomic E-state index is 0.0196. The molecule has 4 nitrogen and oxygen atoms in total. The van der Waals surface area contributed by atoms with Crippen LogP contribution in [0.1, 0.15) is 32.6 Å². The van der Waals surface area contributed by atoms with Crippen LogP contribution in [0, 0.1) is 5.92 Å². The van der Waals surface area contributed by atoms with Crippen LogP contribution >= 0.6 is 0 Å². The first-order valence-corrected chi connectivity index (χ1v) is 6.73. The number of aliphatic hydroxyl groups excluding tert-OH is 1. The predicted molar refractivity (Wildman–Crippen MR) is 63.9 cm³/mol. The summed E-state index contributed by atoms with van der Waals surface area (Å²) in [4.78, 5) is 0. The number of rotatable bonds is 4. The van der Waals surface area contributed by atoms with Crippen LogP contribution in [0.25, 0.3) is 0 Å². The van der Waals surface area contributed by atoms with Gasteiger partial charge in [-0.3, -0.25) is 0 Å². The molecule has 0 aromatic rings. The third-order valence-corrected chi connectivity index (χ3v) is 3.40. The topological polar surface area (TPSA) is 54.5 Å². The van der Waals surface area contributed by atoms with E-state index in [1.54, 1.807) is 0 Å². The minimum atomic E-state index is 0.0196. The molecule has 2 saturated heterocycles. The fraction of sp³-hybridized carbons (Fsp3) is 1.00. The molecule has 1 saturated carbocycles. The second-order valence-electron chi connectivity index (χ2n) is 5.36. The molecule has 2 heterocycles. The lowest BCUT2D eigenvalue weighted by atomic mass is 9.89. The molecule has 1 N–H and O–H groups in total. The molecule has 1 aliphatic carbocycles. The van der Waals surface area contributed by atoms with Crippen molar-refractivity contribution in [1.29, 1.82) is 0 Å². The number of aliphatic hydroxyl groups is 1. The number of epoxide rings is 2. The molecule has 3 fully saturated rings. The molecule has 4 heteroatoms. The second-order valence-corrected chi connectivity index (χ2v) is 5.36. The van der Waals surface area contributed by atoms with Gasteiger partial charge in [0.05, 0.1) is 32.5 Å².